The monoisotopic (exact) mass is 1550 g/mol. The summed E-state index contributed by atoms with van der Waals surface area (Å²) in [7, 11) is 3.41. The predicted octanol–water partition coefficient (Wildman–Crippen LogP) is 4.41. The second-order valence-electron chi connectivity index (χ2n) is 28.9. The van der Waals surface area contributed by atoms with Gasteiger partial charge < -0.3 is 74.0 Å². The van der Waals surface area contributed by atoms with Gasteiger partial charge in [-0.1, -0.05) is 105 Å². The molecule has 4 aromatic carbocycles. The van der Waals surface area contributed by atoms with Gasteiger partial charge in [-0.05, 0) is 167 Å². The fourth-order valence-electron chi connectivity index (χ4n) is 13.1. The van der Waals surface area contributed by atoms with Crippen molar-refractivity contribution >= 4 is 94.0 Å². The molecular formula is C80H105ClN16O14. The maximum atomic E-state index is 15.3. The number of nitro benzene ring substituents is 1. The average molecular weight is 1550 g/mol. The minimum atomic E-state index is -1.62. The molecule has 13 amide bonds. The minimum absolute atomic E-state index is 0.0173. The number of likely N-dealkylation sites (tertiary alicyclic amines) is 1. The third kappa shape index (κ3) is 27.4. The Morgan fingerprint density at radius 2 is 1.06 bits per heavy atom. The summed E-state index contributed by atoms with van der Waals surface area (Å²) >= 11 is 6.27. The van der Waals surface area contributed by atoms with Crippen LogP contribution in [-0.2, 0) is 97.7 Å². The first-order valence-electron chi connectivity index (χ1n) is 37.6. The molecule has 1 saturated heterocycles. The summed E-state index contributed by atoms with van der Waals surface area (Å²) in [5.41, 5.74) is 10.2. The number of nitrogens with one attached hydrogen (secondary N) is 11. The first-order valence-corrected chi connectivity index (χ1v) is 38.0. The van der Waals surface area contributed by atoms with Crippen LogP contribution >= 0.6 is 11.6 Å². The Kier molecular flexibility index (Phi) is 33.5. The fourth-order valence-corrected chi connectivity index (χ4v) is 13.3. The summed E-state index contributed by atoms with van der Waals surface area (Å²) in [6.07, 6.45) is 9.62. The van der Waals surface area contributed by atoms with E-state index in [-0.39, 0.29) is 75.6 Å². The topological polar surface area (TPSA) is 426 Å². The number of nitrogens with zero attached hydrogens (tertiary/aromatic N) is 4. The number of aromatic nitrogens is 1. The summed E-state index contributed by atoms with van der Waals surface area (Å²) in [6.45, 7) is 12.9. The zero-order valence-corrected chi connectivity index (χ0v) is 65.1. The Hall–Kier alpha value is -11.1. The van der Waals surface area contributed by atoms with Gasteiger partial charge >= 0.3 is 6.03 Å². The van der Waals surface area contributed by atoms with Crippen molar-refractivity contribution < 1.29 is 62.5 Å². The number of benzene rings is 4. The number of fused-ring (bicyclic) bond motifs is 1. The smallest absolute Gasteiger partial charge is 0.316 e. The molecule has 7 rings (SSSR count). The van der Waals surface area contributed by atoms with Crippen molar-refractivity contribution in [2.75, 3.05) is 32.5 Å². The molecule has 1 aromatic heterocycles. The van der Waals surface area contributed by atoms with Gasteiger partial charge in [0.1, 0.15) is 60.4 Å². The third-order valence-corrected chi connectivity index (χ3v) is 19.8. The molecule has 0 spiro atoms. The van der Waals surface area contributed by atoms with E-state index in [1.54, 1.807) is 55.5 Å². The van der Waals surface area contributed by atoms with Crippen molar-refractivity contribution in [3.63, 3.8) is 0 Å². The van der Waals surface area contributed by atoms with E-state index in [1.807, 2.05) is 52.9 Å². The first kappa shape index (κ1) is 87.1. The third-order valence-electron chi connectivity index (χ3n) is 19.5. The summed E-state index contributed by atoms with van der Waals surface area (Å²) < 4.78 is 0. The van der Waals surface area contributed by atoms with Crippen LogP contribution < -0.4 is 64.2 Å². The van der Waals surface area contributed by atoms with E-state index in [2.05, 4.69) is 80.5 Å². The van der Waals surface area contributed by atoms with E-state index < -0.39 is 136 Å². The molecule has 0 saturated carbocycles. The van der Waals surface area contributed by atoms with Gasteiger partial charge in [-0.3, -0.25) is 67.8 Å². The van der Waals surface area contributed by atoms with Crippen LogP contribution in [0.3, 0.4) is 0 Å². The summed E-state index contributed by atoms with van der Waals surface area (Å²) in [4.78, 5) is 190. The number of primary amides is 1. The van der Waals surface area contributed by atoms with Crippen molar-refractivity contribution in [2.45, 2.75) is 205 Å². The highest BCUT2D eigenvalue weighted by atomic mass is 35.5. The molecule has 10 atom stereocenters. The quantitative estimate of drug-likeness (QED) is 0.0112. The minimum Gasteiger partial charge on any atom is -0.357 e. The maximum absolute atomic E-state index is 15.3. The summed E-state index contributed by atoms with van der Waals surface area (Å²) in [6, 6.07) is 13.3. The number of pyridine rings is 1. The van der Waals surface area contributed by atoms with Crippen LogP contribution in [0.4, 0.5) is 16.2 Å². The molecule has 1 aliphatic heterocycles. The molecule has 2 aliphatic rings. The molecule has 1 aliphatic carbocycles. The number of urea groups is 1. The SMILES string of the molecule is CC[C@H](NC(=O)[C@@H](Cc1cccnc1)NC(=O)[C@@H](Cc1ccc(Cl)cc1)NC(=O)[C@@H](Cc1ccc2c(c1)CC=CC2)NC(C)=O)C(=O)N[C@@H](Cc1ccc([N+](=O)[O-])cc1)C(=O)N[C@H](Cc1ccc(NC(N)=O)cc1)C(=O)N[C@@H](CC(C)C)C(=O)N[C@@H](CCCCN(C)C(C)C)C(=O)N1CCC[C@H]1C(=O)N[C@H](C)C(=O)NC. The number of hydrogen-bond donors (Lipinski definition) is 12. The number of likely N-dealkylation sites (N-methyl/N-ethyl adjacent to an activating group) is 1. The largest absolute Gasteiger partial charge is 0.357 e. The molecular weight excluding hydrogens is 1440 g/mol. The molecule has 5 aromatic rings. The van der Waals surface area contributed by atoms with Crippen molar-refractivity contribution in [1.82, 2.24) is 68.0 Å². The van der Waals surface area contributed by atoms with Crippen LogP contribution in [0.2, 0.25) is 5.02 Å². The lowest BCUT2D eigenvalue weighted by atomic mass is 9.93. The van der Waals surface area contributed by atoms with Gasteiger partial charge in [0.2, 0.25) is 65.0 Å². The van der Waals surface area contributed by atoms with Crippen LogP contribution in [0.1, 0.15) is 132 Å². The Bertz CT molecular complexity index is 4110. The number of anilines is 1. The number of halogens is 1. The van der Waals surface area contributed by atoms with Crippen LogP contribution in [0.15, 0.2) is 128 Å². The number of nitro groups is 1. The van der Waals surface area contributed by atoms with Gasteiger partial charge in [0.15, 0.2) is 0 Å². The van der Waals surface area contributed by atoms with Gasteiger partial charge in [0.05, 0.1) is 4.92 Å². The van der Waals surface area contributed by atoms with Crippen molar-refractivity contribution in [2.24, 2.45) is 11.7 Å². The van der Waals surface area contributed by atoms with E-state index in [9.17, 15) is 58.1 Å². The molecule has 111 heavy (non-hydrogen) atoms. The molecule has 596 valence electrons. The number of carbonyl (C=O) groups excluding carboxylic acids is 12. The molecule has 1 fully saturated rings. The number of rotatable bonds is 40. The summed E-state index contributed by atoms with van der Waals surface area (Å²) in [5.74, 6) is -8.22. The molecule has 0 unspecified atom stereocenters. The number of hydrogen-bond acceptors (Lipinski definition) is 16. The molecule has 0 radical (unpaired) electrons. The summed E-state index contributed by atoms with van der Waals surface area (Å²) in [5, 5.41) is 42.3. The van der Waals surface area contributed by atoms with Gasteiger partial charge in [0.25, 0.3) is 5.69 Å². The Morgan fingerprint density at radius 3 is 1.57 bits per heavy atom. The number of amides is 13. The molecule has 0 bridgehead atoms. The van der Waals surface area contributed by atoms with Crippen LogP contribution in [0, 0.1) is 16.0 Å². The Labute approximate surface area is 652 Å². The molecule has 31 heteroatoms. The fraction of sp³-hybridized carbons (Fsp3) is 0.463. The van der Waals surface area contributed by atoms with Gasteiger partial charge in [0, 0.05) is 93.9 Å². The van der Waals surface area contributed by atoms with Gasteiger partial charge in [-0.25, -0.2) is 4.79 Å². The van der Waals surface area contributed by atoms with Crippen LogP contribution in [-0.4, -0.2) is 184 Å². The second-order valence-corrected chi connectivity index (χ2v) is 29.4. The highest BCUT2D eigenvalue weighted by molar-refractivity contribution is 6.30. The Balaban J connectivity index is 1.17. The maximum Gasteiger partial charge on any atom is 0.316 e. The predicted molar refractivity (Wildman–Crippen MR) is 419 cm³/mol. The second kappa shape index (κ2) is 42.7. The highest BCUT2D eigenvalue weighted by Gasteiger charge is 2.41. The van der Waals surface area contributed by atoms with Gasteiger partial charge in [-0.2, -0.15) is 0 Å². The lowest BCUT2D eigenvalue weighted by molar-refractivity contribution is -0.384. The van der Waals surface area contributed by atoms with Crippen molar-refractivity contribution in [1.29, 1.82) is 0 Å². The standard InChI is InChI=1S/C80H105ClN16O14/c1-10-61(88-74(103)68(45-55-17-15-36-84-46-55)94-77(106)66(41-51-23-30-58(81)31-24-51)92-73(102)64(86-50(7)98)44-54-22-29-56-18-11-12-19-57(56)40-54)71(100)91-65(43-53-27-34-60(35-28-53)97(110)111)76(105)93-67(42-52-25-32-59(33-26-52)87-80(82)109)75(104)90-63(39-47(2)3)72(101)89-62(20-13-14-37-95(9)48(4)5)79(108)96-38-16-21-69(96)78(107)85-49(6)70(99)83-8/h11-12,15,17,22-36,40,46-49,61-69H,10,13-14,16,18-21,37-39,41-45H2,1-9H3,(H,83,99)(H,85,107)(H,86,98)(H,88,103)(H,89,101)(H,90,104)(H,91,100)(H,92,102)(H,93,105)(H,94,106)(H3,82,87,109)/t49-,61+,62+,63+,64-,65+,66-,67-,68-,69+/m1/s1. The van der Waals surface area contributed by atoms with Crippen LogP contribution in [0.25, 0.3) is 0 Å². The van der Waals surface area contributed by atoms with Crippen LogP contribution in [0.5, 0.6) is 0 Å². The number of nitrogens with two attached hydrogens (primary N) is 1. The van der Waals surface area contributed by atoms with E-state index in [0.717, 1.165) is 23.1 Å². The normalized spacial score (nSPS) is 15.5. The van der Waals surface area contributed by atoms with Crippen molar-refractivity contribution in [3.05, 3.63) is 182 Å². The number of allylic oxidation sites excluding steroid dienone is 2. The number of unbranched alkanes of at least 4 members (excludes halogenated alkanes) is 1. The average Bonchev–Trinajstić information content (AvgIpc) is 1.79. The zero-order valence-electron chi connectivity index (χ0n) is 64.3. The van der Waals surface area contributed by atoms with E-state index in [4.69, 9.17) is 17.3 Å². The van der Waals surface area contributed by atoms with Crippen molar-refractivity contribution in [3.8, 4) is 0 Å². The van der Waals surface area contributed by atoms with E-state index in [1.165, 1.54) is 74.6 Å². The number of non-ortho nitro benzene ring substituents is 1. The van der Waals surface area contributed by atoms with E-state index in [0.29, 0.717) is 71.6 Å². The highest BCUT2D eigenvalue weighted by Crippen LogP contribution is 2.24. The van der Waals surface area contributed by atoms with E-state index >= 15 is 9.59 Å². The molecule has 2 heterocycles. The lowest BCUT2D eigenvalue weighted by Gasteiger charge is -2.31. The van der Waals surface area contributed by atoms with Gasteiger partial charge in [-0.15, -0.1) is 0 Å². The molecule has 13 N–H and O–H groups in total. The first-order chi connectivity index (χ1) is 52.9. The molecule has 30 nitrogen and oxygen atoms in total. The Morgan fingerprint density at radius 1 is 0.586 bits per heavy atom. The zero-order chi connectivity index (χ0) is 81.0. The lowest BCUT2D eigenvalue weighted by Crippen LogP contribution is -2.61. The number of carbonyl (C=O) groups is 12.